The van der Waals surface area contributed by atoms with Gasteiger partial charge in [-0.1, -0.05) is 13.3 Å². The van der Waals surface area contributed by atoms with Crippen LogP contribution < -0.4 is 5.32 Å². The third-order valence-electron chi connectivity index (χ3n) is 4.54. The third-order valence-corrected chi connectivity index (χ3v) is 4.54. The van der Waals surface area contributed by atoms with Crippen molar-refractivity contribution in [1.82, 2.24) is 15.5 Å². The third kappa shape index (κ3) is 4.00. The molecule has 21 heavy (non-hydrogen) atoms. The first-order valence-corrected chi connectivity index (χ1v) is 7.75. The fourth-order valence-corrected chi connectivity index (χ4v) is 2.92. The molecule has 5 nitrogen and oxygen atoms in total. The minimum absolute atomic E-state index is 0.184. The van der Waals surface area contributed by atoms with Crippen molar-refractivity contribution in [3.63, 3.8) is 0 Å². The number of amides is 1. The van der Waals surface area contributed by atoms with E-state index < -0.39 is 5.60 Å². The highest BCUT2D eigenvalue weighted by Crippen LogP contribution is 2.33. The molecule has 0 atom stereocenters. The Hall–Kier alpha value is -1.49. The predicted octanol–water partition coefficient (Wildman–Crippen LogP) is 2.15. The van der Waals surface area contributed by atoms with Gasteiger partial charge in [-0.3, -0.25) is 4.79 Å². The fourth-order valence-electron chi connectivity index (χ4n) is 2.92. The number of rotatable bonds is 4. The van der Waals surface area contributed by atoms with Crippen molar-refractivity contribution in [1.29, 1.82) is 0 Å². The summed E-state index contributed by atoms with van der Waals surface area (Å²) in [5.41, 5.74) is 1.10. The minimum atomic E-state index is -0.759. The number of carbonyl (C=O) groups is 1. The molecule has 0 spiro atoms. The van der Waals surface area contributed by atoms with Crippen LogP contribution in [0.1, 0.15) is 60.8 Å². The molecule has 1 saturated carbocycles. The Morgan fingerprint density at radius 1 is 1.38 bits per heavy atom. The topological polar surface area (TPSA) is 75.1 Å². The first-order chi connectivity index (χ1) is 9.93. The second kappa shape index (κ2) is 6.52. The molecule has 5 heteroatoms. The van der Waals surface area contributed by atoms with Gasteiger partial charge in [-0.2, -0.15) is 10.2 Å². The summed E-state index contributed by atoms with van der Waals surface area (Å²) in [5.74, 6) is 0.534. The Labute approximate surface area is 126 Å². The second-order valence-corrected chi connectivity index (χ2v) is 6.24. The zero-order valence-corrected chi connectivity index (χ0v) is 13.1. The van der Waals surface area contributed by atoms with Crippen LogP contribution in [0.5, 0.6) is 0 Å². The molecular formula is C16H25N3O2. The van der Waals surface area contributed by atoms with Crippen LogP contribution in [-0.4, -0.2) is 33.4 Å². The molecule has 0 saturated heterocycles. The van der Waals surface area contributed by atoms with Gasteiger partial charge in [0.1, 0.15) is 0 Å². The molecule has 0 aromatic carbocycles. The maximum absolute atomic E-state index is 12.2. The van der Waals surface area contributed by atoms with Crippen LogP contribution in [0.15, 0.2) is 6.07 Å². The maximum atomic E-state index is 12.2. The second-order valence-electron chi connectivity index (χ2n) is 6.24. The number of hydrogen-bond donors (Lipinski definition) is 2. The molecule has 0 radical (unpaired) electrons. The summed E-state index contributed by atoms with van der Waals surface area (Å²) in [7, 11) is 0. The maximum Gasteiger partial charge on any atom is 0.253 e. The van der Waals surface area contributed by atoms with Crippen molar-refractivity contribution in [2.24, 2.45) is 5.92 Å². The molecule has 1 aliphatic carbocycles. The number of aryl methyl sites for hydroxylation is 2. The molecule has 1 aromatic rings. The largest absolute Gasteiger partial charge is 0.388 e. The fraction of sp³-hybridized carbons (Fsp3) is 0.688. The van der Waals surface area contributed by atoms with E-state index in [1.807, 2.05) is 6.92 Å². The molecule has 0 unspecified atom stereocenters. The summed E-state index contributed by atoms with van der Waals surface area (Å²) < 4.78 is 0. The molecule has 116 valence electrons. The van der Waals surface area contributed by atoms with Gasteiger partial charge in [0.2, 0.25) is 0 Å². The highest BCUT2D eigenvalue weighted by molar-refractivity contribution is 5.95. The van der Waals surface area contributed by atoms with E-state index in [2.05, 4.69) is 22.4 Å². The van der Waals surface area contributed by atoms with Gasteiger partial charge < -0.3 is 10.4 Å². The van der Waals surface area contributed by atoms with Gasteiger partial charge in [0.15, 0.2) is 0 Å². The zero-order chi connectivity index (χ0) is 15.5. The van der Waals surface area contributed by atoms with Crippen LogP contribution >= 0.6 is 0 Å². The molecule has 1 fully saturated rings. The summed E-state index contributed by atoms with van der Waals surface area (Å²) >= 11 is 0. The molecule has 1 aromatic heterocycles. The lowest BCUT2D eigenvalue weighted by Crippen LogP contribution is -2.45. The number of carbonyl (C=O) groups excluding carboxylic acids is 1. The molecule has 1 heterocycles. The van der Waals surface area contributed by atoms with Crippen molar-refractivity contribution in [3.05, 3.63) is 23.0 Å². The molecule has 0 bridgehead atoms. The van der Waals surface area contributed by atoms with Gasteiger partial charge in [-0.05, 0) is 51.5 Å². The van der Waals surface area contributed by atoms with Crippen molar-refractivity contribution in [2.45, 2.75) is 58.5 Å². The van der Waals surface area contributed by atoms with Gasteiger partial charge in [0.05, 0.1) is 22.6 Å². The SMILES string of the molecule is CCC1CCC(O)(CNC(=O)c2cc(C)nnc2C)CC1. The van der Waals surface area contributed by atoms with Crippen LogP contribution in [0.2, 0.25) is 0 Å². The van der Waals surface area contributed by atoms with E-state index >= 15 is 0 Å². The van der Waals surface area contributed by atoms with Crippen LogP contribution in [-0.2, 0) is 0 Å². The summed E-state index contributed by atoms with van der Waals surface area (Å²) in [6.45, 7) is 6.08. The van der Waals surface area contributed by atoms with E-state index in [4.69, 9.17) is 0 Å². The molecule has 1 amide bonds. The predicted molar refractivity (Wildman–Crippen MR) is 81.0 cm³/mol. The average molecular weight is 291 g/mol. The van der Waals surface area contributed by atoms with E-state index in [1.165, 1.54) is 6.42 Å². The lowest BCUT2D eigenvalue weighted by atomic mass is 9.78. The van der Waals surface area contributed by atoms with Gasteiger partial charge in [0, 0.05) is 6.54 Å². The number of nitrogens with zero attached hydrogens (tertiary/aromatic N) is 2. The Bertz CT molecular complexity index is 508. The molecular weight excluding hydrogens is 266 g/mol. The van der Waals surface area contributed by atoms with Crippen molar-refractivity contribution < 1.29 is 9.90 Å². The Morgan fingerprint density at radius 2 is 2.05 bits per heavy atom. The normalized spacial score (nSPS) is 25.6. The molecule has 2 rings (SSSR count). The van der Waals surface area contributed by atoms with E-state index in [9.17, 15) is 9.90 Å². The van der Waals surface area contributed by atoms with Gasteiger partial charge in [-0.25, -0.2) is 0 Å². The average Bonchev–Trinajstić information content (AvgIpc) is 2.48. The van der Waals surface area contributed by atoms with E-state index in [0.717, 1.165) is 31.6 Å². The standard InChI is InChI=1S/C16H25N3O2/c1-4-13-5-7-16(21,8-6-13)10-17-15(20)14-9-11(2)18-19-12(14)3/h9,13,21H,4-8,10H2,1-3H3,(H,17,20). The van der Waals surface area contributed by atoms with Gasteiger partial charge in [-0.15, -0.1) is 0 Å². The minimum Gasteiger partial charge on any atom is -0.388 e. The van der Waals surface area contributed by atoms with Crippen LogP contribution in [0.4, 0.5) is 0 Å². The summed E-state index contributed by atoms with van der Waals surface area (Å²) in [4.78, 5) is 12.2. The Morgan fingerprint density at radius 3 is 2.67 bits per heavy atom. The van der Waals surface area contributed by atoms with Crippen LogP contribution in [0.25, 0.3) is 0 Å². The van der Waals surface area contributed by atoms with Gasteiger partial charge in [0.25, 0.3) is 5.91 Å². The van der Waals surface area contributed by atoms with Crippen molar-refractivity contribution in [3.8, 4) is 0 Å². The number of aromatic nitrogens is 2. The van der Waals surface area contributed by atoms with E-state index in [-0.39, 0.29) is 5.91 Å². The van der Waals surface area contributed by atoms with Crippen LogP contribution in [0.3, 0.4) is 0 Å². The quantitative estimate of drug-likeness (QED) is 0.891. The first-order valence-electron chi connectivity index (χ1n) is 7.75. The van der Waals surface area contributed by atoms with Gasteiger partial charge >= 0.3 is 0 Å². The summed E-state index contributed by atoms with van der Waals surface area (Å²) in [5, 5.41) is 21.3. The highest BCUT2D eigenvalue weighted by Gasteiger charge is 2.33. The molecule has 0 aliphatic heterocycles. The number of aliphatic hydroxyl groups is 1. The molecule has 1 aliphatic rings. The smallest absolute Gasteiger partial charge is 0.253 e. The summed E-state index contributed by atoms with van der Waals surface area (Å²) in [6.07, 6.45) is 4.77. The Balaban J connectivity index is 1.93. The lowest BCUT2D eigenvalue weighted by Gasteiger charge is -2.35. The van der Waals surface area contributed by atoms with E-state index in [1.54, 1.807) is 13.0 Å². The monoisotopic (exact) mass is 291 g/mol. The highest BCUT2D eigenvalue weighted by atomic mass is 16.3. The number of hydrogen-bond acceptors (Lipinski definition) is 4. The lowest BCUT2D eigenvalue weighted by molar-refractivity contribution is -0.00787. The van der Waals surface area contributed by atoms with E-state index in [0.29, 0.717) is 23.5 Å². The first kappa shape index (κ1) is 15.9. The van der Waals surface area contributed by atoms with Crippen LogP contribution in [0, 0.1) is 19.8 Å². The number of nitrogens with one attached hydrogen (secondary N) is 1. The van der Waals surface area contributed by atoms with Crippen molar-refractivity contribution in [2.75, 3.05) is 6.54 Å². The summed E-state index contributed by atoms with van der Waals surface area (Å²) in [6, 6.07) is 1.73. The Kier molecular flexibility index (Phi) is 4.93. The molecule has 2 N–H and O–H groups in total. The van der Waals surface area contributed by atoms with Crippen molar-refractivity contribution >= 4 is 5.91 Å². The zero-order valence-electron chi connectivity index (χ0n) is 13.1.